The fourth-order valence-electron chi connectivity index (χ4n) is 3.14. The number of ether oxygens (including phenoxy) is 1. The van der Waals surface area contributed by atoms with Crippen LogP contribution in [0.4, 0.5) is 10.5 Å². The number of aromatic nitrogens is 3. The number of hydrogen-bond acceptors (Lipinski definition) is 4. The van der Waals surface area contributed by atoms with E-state index in [1.807, 2.05) is 65.2 Å². The van der Waals surface area contributed by atoms with Gasteiger partial charge in [0.2, 0.25) is 0 Å². The molecule has 2 amide bonds. The van der Waals surface area contributed by atoms with Gasteiger partial charge in [0.25, 0.3) is 0 Å². The molecule has 0 bridgehead atoms. The number of nitrogens with zero attached hydrogens (tertiary/aromatic N) is 3. The largest absolute Gasteiger partial charge is 0.497 e. The number of rotatable bonds is 6. The molecular formula is C22H21N5O2. The highest BCUT2D eigenvalue weighted by Gasteiger charge is 2.13. The van der Waals surface area contributed by atoms with Crippen LogP contribution in [0.25, 0.3) is 22.6 Å². The van der Waals surface area contributed by atoms with Gasteiger partial charge in [0, 0.05) is 36.6 Å². The summed E-state index contributed by atoms with van der Waals surface area (Å²) in [6.45, 7) is 0.973. The van der Waals surface area contributed by atoms with Crippen LogP contribution in [0.15, 0.2) is 72.9 Å². The molecule has 0 saturated carbocycles. The highest BCUT2D eigenvalue weighted by Crippen LogP contribution is 2.23. The van der Waals surface area contributed by atoms with E-state index in [9.17, 15) is 4.79 Å². The highest BCUT2D eigenvalue weighted by molar-refractivity contribution is 5.89. The number of carbonyl (C=O) groups is 1. The molecule has 4 aromatic rings. The van der Waals surface area contributed by atoms with E-state index >= 15 is 0 Å². The molecule has 146 valence electrons. The number of benzene rings is 2. The quantitative estimate of drug-likeness (QED) is 0.525. The van der Waals surface area contributed by atoms with Crippen LogP contribution in [-0.4, -0.2) is 34.2 Å². The summed E-state index contributed by atoms with van der Waals surface area (Å²) in [5, 5.41) is 5.69. The molecule has 7 nitrogen and oxygen atoms in total. The summed E-state index contributed by atoms with van der Waals surface area (Å²) in [7, 11) is 1.59. The molecule has 2 heterocycles. The molecule has 2 aromatic heterocycles. The first-order valence-corrected chi connectivity index (χ1v) is 9.30. The molecule has 2 N–H and O–H groups in total. The average molecular weight is 387 g/mol. The van der Waals surface area contributed by atoms with Crippen molar-refractivity contribution < 1.29 is 9.53 Å². The number of amides is 2. The lowest BCUT2D eigenvalue weighted by Crippen LogP contribution is -2.31. The first-order valence-electron chi connectivity index (χ1n) is 9.30. The summed E-state index contributed by atoms with van der Waals surface area (Å²) < 4.78 is 7.20. The zero-order valence-corrected chi connectivity index (χ0v) is 16.0. The normalized spacial score (nSPS) is 10.7. The van der Waals surface area contributed by atoms with E-state index in [0.717, 1.165) is 22.6 Å². The van der Waals surface area contributed by atoms with Crippen LogP contribution in [-0.2, 0) is 6.54 Å². The second-order valence-electron chi connectivity index (χ2n) is 6.41. The van der Waals surface area contributed by atoms with Gasteiger partial charge in [0.05, 0.1) is 7.11 Å². The van der Waals surface area contributed by atoms with Crippen molar-refractivity contribution in [2.24, 2.45) is 0 Å². The Labute approximate surface area is 168 Å². The number of carbonyl (C=O) groups excluding carboxylic acids is 1. The van der Waals surface area contributed by atoms with Crippen LogP contribution in [0.2, 0.25) is 0 Å². The van der Waals surface area contributed by atoms with Crippen molar-refractivity contribution in [1.82, 2.24) is 19.9 Å². The monoisotopic (exact) mass is 387 g/mol. The number of pyridine rings is 1. The Hall–Kier alpha value is -3.87. The predicted octanol–water partition coefficient (Wildman–Crippen LogP) is 3.93. The van der Waals surface area contributed by atoms with E-state index < -0.39 is 0 Å². The predicted molar refractivity (Wildman–Crippen MR) is 113 cm³/mol. The zero-order chi connectivity index (χ0) is 20.1. The Morgan fingerprint density at radius 2 is 1.93 bits per heavy atom. The molecule has 4 rings (SSSR count). The van der Waals surface area contributed by atoms with Crippen molar-refractivity contribution in [3.63, 3.8) is 0 Å². The average Bonchev–Trinajstić information content (AvgIpc) is 3.13. The molecular weight excluding hydrogens is 366 g/mol. The molecule has 0 unspecified atom stereocenters. The van der Waals surface area contributed by atoms with Gasteiger partial charge < -0.3 is 19.9 Å². The Morgan fingerprint density at radius 3 is 2.76 bits per heavy atom. The van der Waals surface area contributed by atoms with Gasteiger partial charge in [-0.3, -0.25) is 0 Å². The third-order valence-corrected chi connectivity index (χ3v) is 4.48. The number of hydrogen-bond donors (Lipinski definition) is 2. The first kappa shape index (κ1) is 18.5. The lowest BCUT2D eigenvalue weighted by Gasteiger charge is -2.11. The summed E-state index contributed by atoms with van der Waals surface area (Å²) in [5.41, 5.74) is 3.29. The summed E-state index contributed by atoms with van der Waals surface area (Å²) in [6.07, 6.45) is 1.75. The van der Waals surface area contributed by atoms with Crippen LogP contribution in [0.5, 0.6) is 5.75 Å². The molecule has 0 aliphatic carbocycles. The maximum atomic E-state index is 12.3. The maximum Gasteiger partial charge on any atom is 0.319 e. The first-order chi connectivity index (χ1) is 14.2. The van der Waals surface area contributed by atoms with Crippen molar-refractivity contribution in [3.8, 4) is 17.1 Å². The van der Waals surface area contributed by atoms with E-state index in [4.69, 9.17) is 9.72 Å². The van der Waals surface area contributed by atoms with E-state index in [-0.39, 0.29) is 6.03 Å². The summed E-state index contributed by atoms with van der Waals surface area (Å²) in [5.74, 6) is 1.51. The minimum Gasteiger partial charge on any atom is -0.497 e. The van der Waals surface area contributed by atoms with Gasteiger partial charge in [0.1, 0.15) is 17.1 Å². The fourth-order valence-corrected chi connectivity index (χ4v) is 3.14. The van der Waals surface area contributed by atoms with Crippen molar-refractivity contribution in [1.29, 1.82) is 0 Å². The Balaban J connectivity index is 1.47. The summed E-state index contributed by atoms with van der Waals surface area (Å²) in [4.78, 5) is 21.5. The van der Waals surface area contributed by atoms with Gasteiger partial charge in [-0.15, -0.1) is 0 Å². The molecule has 29 heavy (non-hydrogen) atoms. The molecule has 0 spiro atoms. The zero-order valence-electron chi connectivity index (χ0n) is 16.0. The van der Waals surface area contributed by atoms with Crippen LogP contribution in [0.3, 0.4) is 0 Å². The van der Waals surface area contributed by atoms with Crippen molar-refractivity contribution in [3.05, 3.63) is 72.9 Å². The number of imidazole rings is 1. The highest BCUT2D eigenvalue weighted by atomic mass is 16.5. The van der Waals surface area contributed by atoms with E-state index in [1.54, 1.807) is 19.4 Å². The molecule has 0 fully saturated rings. The maximum absolute atomic E-state index is 12.3. The molecule has 0 saturated heterocycles. The van der Waals surface area contributed by atoms with Crippen LogP contribution in [0.1, 0.15) is 0 Å². The third-order valence-electron chi connectivity index (χ3n) is 4.48. The molecule has 2 aromatic carbocycles. The number of anilines is 1. The SMILES string of the molecule is COc1cccc(NC(=O)NCCn2c(-c3ccccc3)nc3cccnc32)c1. The second-order valence-corrected chi connectivity index (χ2v) is 6.41. The number of methoxy groups -OCH3 is 1. The van der Waals surface area contributed by atoms with Crippen molar-refractivity contribution in [2.45, 2.75) is 6.54 Å². The Bertz CT molecular complexity index is 1120. The lowest BCUT2D eigenvalue weighted by atomic mass is 10.2. The fraction of sp³-hybridized carbons (Fsp3) is 0.136. The van der Waals surface area contributed by atoms with Gasteiger partial charge in [-0.1, -0.05) is 36.4 Å². The lowest BCUT2D eigenvalue weighted by molar-refractivity contribution is 0.251. The molecule has 0 radical (unpaired) electrons. The van der Waals surface area contributed by atoms with E-state index in [1.165, 1.54) is 0 Å². The number of fused-ring (bicyclic) bond motifs is 1. The topological polar surface area (TPSA) is 81.1 Å². The van der Waals surface area contributed by atoms with E-state index in [2.05, 4.69) is 15.6 Å². The minimum absolute atomic E-state index is 0.281. The summed E-state index contributed by atoms with van der Waals surface area (Å²) in [6, 6.07) is 20.7. The smallest absolute Gasteiger partial charge is 0.319 e. The standard InChI is InChI=1S/C22H21N5O2/c1-29-18-10-5-9-17(15-18)25-22(28)24-13-14-27-20(16-7-3-2-4-8-16)26-19-11-6-12-23-21(19)27/h2-12,15H,13-14H2,1H3,(H2,24,25,28). The van der Waals surface area contributed by atoms with Gasteiger partial charge in [-0.2, -0.15) is 0 Å². The van der Waals surface area contributed by atoms with Gasteiger partial charge in [-0.25, -0.2) is 14.8 Å². The Morgan fingerprint density at radius 1 is 1.07 bits per heavy atom. The third kappa shape index (κ3) is 4.19. The summed E-state index contributed by atoms with van der Waals surface area (Å²) >= 11 is 0. The van der Waals surface area contributed by atoms with Crippen LogP contribution in [0, 0.1) is 0 Å². The van der Waals surface area contributed by atoms with E-state index in [0.29, 0.717) is 24.5 Å². The van der Waals surface area contributed by atoms with Crippen molar-refractivity contribution in [2.75, 3.05) is 19.0 Å². The minimum atomic E-state index is -0.281. The Kier molecular flexibility index (Phi) is 5.38. The number of nitrogens with one attached hydrogen (secondary N) is 2. The molecule has 0 aliphatic heterocycles. The van der Waals surface area contributed by atoms with Crippen LogP contribution < -0.4 is 15.4 Å². The molecule has 0 aliphatic rings. The van der Waals surface area contributed by atoms with Crippen LogP contribution >= 0.6 is 0 Å². The second kappa shape index (κ2) is 8.43. The van der Waals surface area contributed by atoms with Gasteiger partial charge >= 0.3 is 6.03 Å². The molecule has 0 atom stereocenters. The number of urea groups is 1. The van der Waals surface area contributed by atoms with Gasteiger partial charge in [0.15, 0.2) is 5.65 Å². The van der Waals surface area contributed by atoms with Crippen molar-refractivity contribution >= 4 is 22.9 Å². The van der Waals surface area contributed by atoms with Gasteiger partial charge in [-0.05, 0) is 24.3 Å². The molecule has 7 heteroatoms.